The predicted octanol–water partition coefficient (Wildman–Crippen LogP) is 0.856. The van der Waals surface area contributed by atoms with Crippen molar-refractivity contribution in [3.05, 3.63) is 68.1 Å². The number of hydrogen-bond acceptors (Lipinski definition) is 6. The van der Waals surface area contributed by atoms with E-state index in [9.17, 15) is 14.4 Å². The Labute approximate surface area is 179 Å². The van der Waals surface area contributed by atoms with E-state index in [4.69, 9.17) is 0 Å². The van der Waals surface area contributed by atoms with Crippen molar-refractivity contribution in [2.45, 2.75) is 19.9 Å². The summed E-state index contributed by atoms with van der Waals surface area (Å²) in [5, 5.41) is 3.44. The number of anilines is 1. The maximum atomic E-state index is 12.4. The van der Waals surface area contributed by atoms with Crippen LogP contribution in [0, 0.1) is 0 Å². The Hall–Kier alpha value is -3.46. The fraction of sp³-hybridized carbons (Fsp3) is 0.364. The van der Waals surface area contributed by atoms with Crippen molar-refractivity contribution in [1.82, 2.24) is 25.2 Å². The molecule has 0 aliphatic carbocycles. The molecule has 1 fully saturated rings. The first-order valence-electron chi connectivity index (χ1n) is 10.4. The molecule has 31 heavy (non-hydrogen) atoms. The quantitative estimate of drug-likeness (QED) is 0.562. The molecule has 162 valence electrons. The summed E-state index contributed by atoms with van der Waals surface area (Å²) in [6.45, 7) is 5.60. The van der Waals surface area contributed by atoms with Gasteiger partial charge in [0.1, 0.15) is 11.4 Å². The Morgan fingerprint density at radius 2 is 1.87 bits per heavy atom. The summed E-state index contributed by atoms with van der Waals surface area (Å²) in [7, 11) is 1.53. The Bertz CT molecular complexity index is 1220. The SMILES string of the molecule is CCc1cc2cnc(CN3CCN(c4ccc(C(=O)NC)[nH]c4=O)CC3)cc2[nH]c1=O. The molecule has 0 bridgehead atoms. The Kier molecular flexibility index (Phi) is 5.85. The maximum absolute atomic E-state index is 12.4. The van der Waals surface area contributed by atoms with Gasteiger partial charge < -0.3 is 20.2 Å². The van der Waals surface area contributed by atoms with Crippen molar-refractivity contribution in [3.63, 3.8) is 0 Å². The van der Waals surface area contributed by atoms with E-state index in [2.05, 4.69) is 25.2 Å². The van der Waals surface area contributed by atoms with Gasteiger partial charge >= 0.3 is 0 Å². The van der Waals surface area contributed by atoms with Crippen LogP contribution in [0.4, 0.5) is 5.69 Å². The van der Waals surface area contributed by atoms with Crippen LogP contribution in [0.25, 0.3) is 10.9 Å². The van der Waals surface area contributed by atoms with Gasteiger partial charge in [-0.25, -0.2) is 0 Å². The molecule has 0 saturated carbocycles. The van der Waals surface area contributed by atoms with Crippen molar-refractivity contribution in [3.8, 4) is 0 Å². The number of nitrogens with one attached hydrogen (secondary N) is 3. The van der Waals surface area contributed by atoms with Gasteiger partial charge in [0.2, 0.25) is 0 Å². The van der Waals surface area contributed by atoms with E-state index in [0.29, 0.717) is 31.7 Å². The number of amides is 1. The van der Waals surface area contributed by atoms with Crippen molar-refractivity contribution < 1.29 is 4.79 Å². The van der Waals surface area contributed by atoms with E-state index in [1.54, 1.807) is 12.1 Å². The third-order valence-electron chi connectivity index (χ3n) is 5.70. The molecular weight excluding hydrogens is 396 g/mol. The number of carbonyl (C=O) groups is 1. The summed E-state index contributed by atoms with van der Waals surface area (Å²) >= 11 is 0. The number of carbonyl (C=O) groups excluding carboxylic acids is 1. The first kappa shape index (κ1) is 20.8. The van der Waals surface area contributed by atoms with Crippen LogP contribution in [0.5, 0.6) is 0 Å². The van der Waals surface area contributed by atoms with E-state index in [-0.39, 0.29) is 22.7 Å². The van der Waals surface area contributed by atoms with Crippen LogP contribution < -0.4 is 21.3 Å². The molecular formula is C22H26N6O3. The number of aromatic amines is 2. The Balaban J connectivity index is 1.42. The van der Waals surface area contributed by atoms with Crippen LogP contribution in [-0.2, 0) is 13.0 Å². The average molecular weight is 422 g/mol. The highest BCUT2D eigenvalue weighted by molar-refractivity contribution is 5.92. The molecule has 1 aliphatic heterocycles. The average Bonchev–Trinajstić information content (AvgIpc) is 2.78. The number of fused-ring (bicyclic) bond motifs is 1. The number of aryl methyl sites for hydroxylation is 1. The molecule has 0 unspecified atom stereocenters. The lowest BCUT2D eigenvalue weighted by Gasteiger charge is -2.35. The molecule has 1 amide bonds. The summed E-state index contributed by atoms with van der Waals surface area (Å²) in [5.74, 6) is -0.316. The lowest BCUT2D eigenvalue weighted by molar-refractivity contribution is 0.0958. The van der Waals surface area contributed by atoms with Crippen LogP contribution >= 0.6 is 0 Å². The van der Waals surface area contributed by atoms with Gasteiger partial charge in [-0.1, -0.05) is 6.92 Å². The molecule has 0 aromatic carbocycles. The summed E-state index contributed by atoms with van der Waals surface area (Å²) in [6, 6.07) is 7.16. The number of piperazine rings is 1. The minimum atomic E-state index is -0.316. The second kappa shape index (κ2) is 8.73. The minimum Gasteiger partial charge on any atom is -0.365 e. The van der Waals surface area contributed by atoms with Gasteiger partial charge in [-0.15, -0.1) is 0 Å². The fourth-order valence-corrected chi connectivity index (χ4v) is 3.90. The summed E-state index contributed by atoms with van der Waals surface area (Å²) in [5.41, 5.74) is 2.97. The van der Waals surface area contributed by atoms with Crippen LogP contribution in [0.3, 0.4) is 0 Å². The van der Waals surface area contributed by atoms with Gasteiger partial charge in [0.25, 0.3) is 17.0 Å². The summed E-state index contributed by atoms with van der Waals surface area (Å²) in [4.78, 5) is 50.6. The van der Waals surface area contributed by atoms with E-state index < -0.39 is 0 Å². The van der Waals surface area contributed by atoms with Crippen molar-refractivity contribution in [1.29, 1.82) is 0 Å². The minimum absolute atomic E-state index is 0.0478. The molecule has 9 heteroatoms. The third kappa shape index (κ3) is 4.36. The normalized spacial score (nSPS) is 14.7. The van der Waals surface area contributed by atoms with Crippen LogP contribution in [0.15, 0.2) is 40.1 Å². The monoisotopic (exact) mass is 422 g/mol. The number of aromatic nitrogens is 3. The lowest BCUT2D eigenvalue weighted by atomic mass is 10.1. The van der Waals surface area contributed by atoms with Gasteiger partial charge in [-0.05, 0) is 30.7 Å². The zero-order chi connectivity index (χ0) is 22.0. The highest BCUT2D eigenvalue weighted by atomic mass is 16.2. The molecule has 0 atom stereocenters. The second-order valence-corrected chi connectivity index (χ2v) is 7.67. The summed E-state index contributed by atoms with van der Waals surface area (Å²) in [6.07, 6.45) is 2.50. The molecule has 3 N–H and O–H groups in total. The zero-order valence-electron chi connectivity index (χ0n) is 17.7. The van der Waals surface area contributed by atoms with E-state index in [1.165, 1.54) is 7.05 Å². The first-order valence-corrected chi connectivity index (χ1v) is 10.4. The number of nitrogens with zero attached hydrogens (tertiary/aromatic N) is 3. The number of rotatable bonds is 5. The van der Waals surface area contributed by atoms with Gasteiger partial charge in [0, 0.05) is 56.9 Å². The first-order chi connectivity index (χ1) is 15.0. The van der Waals surface area contributed by atoms with E-state index in [1.807, 2.05) is 30.2 Å². The topological polar surface area (TPSA) is 114 Å². The standard InChI is InChI=1S/C22H26N6O3/c1-3-14-10-15-12-24-16(11-18(15)26-20(14)29)13-27-6-8-28(9-7-27)19-5-4-17(21(30)23-2)25-22(19)31/h4-5,10-12H,3,6-9,13H2,1-2H3,(H,23,30)(H,25,31)(H,26,29). The van der Waals surface area contributed by atoms with E-state index in [0.717, 1.165) is 35.2 Å². The molecule has 0 spiro atoms. The second-order valence-electron chi connectivity index (χ2n) is 7.67. The molecule has 1 aliphatic rings. The van der Waals surface area contributed by atoms with Crippen LogP contribution in [-0.4, -0.2) is 59.0 Å². The van der Waals surface area contributed by atoms with Crippen molar-refractivity contribution in [2.75, 3.05) is 38.1 Å². The molecule has 4 rings (SSSR count). The molecule has 3 aromatic rings. The smallest absolute Gasteiger partial charge is 0.272 e. The van der Waals surface area contributed by atoms with Gasteiger partial charge in [0.15, 0.2) is 0 Å². The van der Waals surface area contributed by atoms with Crippen LogP contribution in [0.1, 0.15) is 28.7 Å². The number of pyridine rings is 3. The molecule has 4 heterocycles. The number of hydrogen-bond donors (Lipinski definition) is 3. The predicted molar refractivity (Wildman–Crippen MR) is 120 cm³/mol. The highest BCUT2D eigenvalue weighted by Crippen LogP contribution is 2.16. The van der Waals surface area contributed by atoms with Crippen LogP contribution in [0.2, 0.25) is 0 Å². The lowest BCUT2D eigenvalue weighted by Crippen LogP contribution is -2.47. The Morgan fingerprint density at radius 3 is 2.55 bits per heavy atom. The summed E-state index contributed by atoms with van der Waals surface area (Å²) < 4.78 is 0. The van der Waals surface area contributed by atoms with Crippen molar-refractivity contribution in [2.24, 2.45) is 0 Å². The molecule has 3 aromatic heterocycles. The number of H-pyrrole nitrogens is 2. The Morgan fingerprint density at radius 1 is 1.10 bits per heavy atom. The van der Waals surface area contributed by atoms with Gasteiger partial charge in [-0.2, -0.15) is 0 Å². The highest BCUT2D eigenvalue weighted by Gasteiger charge is 2.20. The zero-order valence-corrected chi connectivity index (χ0v) is 17.7. The van der Waals surface area contributed by atoms with Crippen molar-refractivity contribution >= 4 is 22.5 Å². The van der Waals surface area contributed by atoms with Gasteiger partial charge in [-0.3, -0.25) is 24.3 Å². The molecule has 1 saturated heterocycles. The molecule has 0 radical (unpaired) electrons. The molecule has 9 nitrogen and oxygen atoms in total. The van der Waals surface area contributed by atoms with Gasteiger partial charge in [0.05, 0.1) is 11.2 Å². The third-order valence-corrected chi connectivity index (χ3v) is 5.70. The largest absolute Gasteiger partial charge is 0.365 e. The fourth-order valence-electron chi connectivity index (χ4n) is 3.90. The maximum Gasteiger partial charge on any atom is 0.272 e. The van der Waals surface area contributed by atoms with E-state index >= 15 is 0 Å².